The Morgan fingerprint density at radius 1 is 1.22 bits per heavy atom. The zero-order chi connectivity index (χ0) is 6.69. The number of hydrogen-bond donors (Lipinski definition) is 2. The highest BCUT2D eigenvalue weighted by Gasteiger charge is 1.85. The van der Waals surface area contributed by atoms with Gasteiger partial charge >= 0.3 is 0 Å². The minimum atomic E-state index is 0.244. The van der Waals surface area contributed by atoms with E-state index in [1.165, 1.54) is 0 Å². The van der Waals surface area contributed by atoms with Gasteiger partial charge in [-0.05, 0) is 24.3 Å². The summed E-state index contributed by atoms with van der Waals surface area (Å²) in [5.41, 5.74) is 0.785. The van der Waals surface area contributed by atoms with E-state index in [1.807, 2.05) is 0 Å². The van der Waals surface area contributed by atoms with Gasteiger partial charge in [0.1, 0.15) is 5.75 Å². The van der Waals surface area contributed by atoms with E-state index >= 15 is 0 Å². The van der Waals surface area contributed by atoms with Crippen molar-refractivity contribution in [1.29, 1.82) is 0 Å². The van der Waals surface area contributed by atoms with Crippen molar-refractivity contribution in [2.75, 3.05) is 5.32 Å². The first-order chi connectivity index (χ1) is 4.33. The topological polar surface area (TPSA) is 32.3 Å². The second-order valence-electron chi connectivity index (χ2n) is 1.69. The second-order valence-corrected chi connectivity index (χ2v) is 1.69. The number of hydrogen-bond acceptors (Lipinski definition) is 2. The van der Waals surface area contributed by atoms with Crippen LogP contribution in [0.4, 0.5) is 5.69 Å². The molecule has 0 amide bonds. The molecule has 1 aromatic rings. The van der Waals surface area contributed by atoms with E-state index in [0.29, 0.717) is 0 Å². The summed E-state index contributed by atoms with van der Waals surface area (Å²) in [7, 11) is 5.07. The summed E-state index contributed by atoms with van der Waals surface area (Å²) in [6.07, 6.45) is 0. The van der Waals surface area contributed by atoms with Gasteiger partial charge in [0.25, 0.3) is 0 Å². The molecule has 0 heterocycles. The second kappa shape index (κ2) is 2.40. The molecule has 1 aromatic carbocycles. The number of nitrogens with one attached hydrogen (secondary N) is 1. The van der Waals surface area contributed by atoms with Crippen molar-refractivity contribution >= 4 is 5.69 Å². The third-order valence-electron chi connectivity index (χ3n) is 1.03. The zero-order valence-corrected chi connectivity index (χ0v) is 4.83. The molecular weight excluding hydrogens is 114 g/mol. The summed E-state index contributed by atoms with van der Waals surface area (Å²) >= 11 is 0. The Morgan fingerprint density at radius 3 is 2.22 bits per heavy atom. The van der Waals surface area contributed by atoms with Crippen LogP contribution in [0.2, 0.25) is 0 Å². The van der Waals surface area contributed by atoms with Gasteiger partial charge in [-0.3, -0.25) is 0 Å². The normalized spacial score (nSPS) is 9.00. The van der Waals surface area contributed by atoms with E-state index in [0.717, 1.165) is 5.69 Å². The predicted octanol–water partition coefficient (Wildman–Crippen LogP) is 1.47. The molecule has 0 fully saturated rings. The van der Waals surface area contributed by atoms with Crippen molar-refractivity contribution in [3.8, 4) is 5.75 Å². The molecule has 0 aliphatic heterocycles. The average Bonchev–Trinajstić information content (AvgIpc) is 1.90. The van der Waals surface area contributed by atoms with Crippen LogP contribution in [0.1, 0.15) is 0 Å². The quantitative estimate of drug-likeness (QED) is 0.435. The van der Waals surface area contributed by atoms with Gasteiger partial charge in [-0.25, -0.2) is 0 Å². The molecule has 2 heteroatoms. The summed E-state index contributed by atoms with van der Waals surface area (Å²) < 4.78 is 0. The number of aromatic hydroxyl groups is 1. The molecule has 2 N–H and O–H groups in total. The van der Waals surface area contributed by atoms with Crippen LogP contribution in [0.25, 0.3) is 0 Å². The number of rotatable bonds is 1. The molecule has 0 bridgehead atoms. The van der Waals surface area contributed by atoms with Gasteiger partial charge in [0, 0.05) is 5.69 Å². The van der Waals surface area contributed by atoms with Gasteiger partial charge in [0.2, 0.25) is 0 Å². The largest absolute Gasteiger partial charge is 0.508 e. The molecule has 46 valence electrons. The number of anilines is 1. The third kappa shape index (κ3) is 1.35. The fourth-order valence-corrected chi connectivity index (χ4v) is 0.558. The molecule has 0 atom stereocenters. The Bertz CT molecular complexity index is 181. The lowest BCUT2D eigenvalue weighted by Gasteiger charge is -1.96. The predicted molar refractivity (Wildman–Crippen MR) is 36.0 cm³/mol. The van der Waals surface area contributed by atoms with Gasteiger partial charge in [0.05, 0.1) is 7.05 Å². The summed E-state index contributed by atoms with van der Waals surface area (Å²) in [5, 5.41) is 11.2. The molecule has 9 heavy (non-hydrogen) atoms. The molecule has 0 unspecified atom stereocenters. The summed E-state index contributed by atoms with van der Waals surface area (Å²) in [4.78, 5) is 0. The lowest BCUT2D eigenvalue weighted by Crippen LogP contribution is -1.81. The van der Waals surface area contributed by atoms with Crippen LogP contribution in [0.15, 0.2) is 24.3 Å². The van der Waals surface area contributed by atoms with Crippen LogP contribution < -0.4 is 5.32 Å². The smallest absolute Gasteiger partial charge is 0.115 e. The third-order valence-corrected chi connectivity index (χ3v) is 1.03. The van der Waals surface area contributed by atoms with Crippen molar-refractivity contribution in [2.24, 2.45) is 0 Å². The Hall–Kier alpha value is -1.18. The highest BCUT2D eigenvalue weighted by molar-refractivity contribution is 5.45. The Labute approximate surface area is 54.1 Å². The maximum absolute atomic E-state index is 8.78. The van der Waals surface area contributed by atoms with Gasteiger partial charge in [-0.15, -0.1) is 0 Å². The fourth-order valence-electron chi connectivity index (χ4n) is 0.558. The summed E-state index contributed by atoms with van der Waals surface area (Å²) in [6, 6.07) is 6.51. The van der Waals surface area contributed by atoms with Gasteiger partial charge in [-0.1, -0.05) is 0 Å². The molecule has 2 nitrogen and oxygen atoms in total. The molecule has 0 saturated heterocycles. The molecule has 1 rings (SSSR count). The standard InChI is InChI=1S/C7H7NO/c1-8-6-2-4-7(9)5-3-6/h1-5,8-9H. The highest BCUT2D eigenvalue weighted by Crippen LogP contribution is 2.12. The Balaban J connectivity index is 2.88. The fraction of sp³-hybridized carbons (Fsp3) is 0. The highest BCUT2D eigenvalue weighted by atomic mass is 16.3. The van der Waals surface area contributed by atoms with Crippen LogP contribution in [-0.4, -0.2) is 5.11 Å². The van der Waals surface area contributed by atoms with Crippen molar-refractivity contribution in [2.45, 2.75) is 0 Å². The van der Waals surface area contributed by atoms with E-state index in [2.05, 4.69) is 5.32 Å². The molecule has 0 aliphatic rings. The first kappa shape index (κ1) is 5.95. The van der Waals surface area contributed by atoms with E-state index in [9.17, 15) is 0 Å². The van der Waals surface area contributed by atoms with Gasteiger partial charge in [-0.2, -0.15) is 0 Å². The van der Waals surface area contributed by atoms with Gasteiger partial charge in [0.15, 0.2) is 0 Å². The van der Waals surface area contributed by atoms with Crippen molar-refractivity contribution in [3.63, 3.8) is 0 Å². The summed E-state index contributed by atoms with van der Waals surface area (Å²) in [6.45, 7) is 0. The van der Waals surface area contributed by atoms with E-state index < -0.39 is 0 Å². The van der Waals surface area contributed by atoms with E-state index in [1.54, 1.807) is 24.3 Å². The average molecular weight is 121 g/mol. The first-order valence-electron chi connectivity index (χ1n) is 2.58. The van der Waals surface area contributed by atoms with Gasteiger partial charge < -0.3 is 10.4 Å². The number of benzene rings is 1. The van der Waals surface area contributed by atoms with Crippen LogP contribution in [0.5, 0.6) is 5.75 Å². The van der Waals surface area contributed by atoms with Crippen molar-refractivity contribution < 1.29 is 5.11 Å². The van der Waals surface area contributed by atoms with Crippen LogP contribution in [0.3, 0.4) is 0 Å². The summed E-state index contributed by atoms with van der Waals surface area (Å²) in [5.74, 6) is 0.244. The Kier molecular flexibility index (Phi) is 1.58. The lowest BCUT2D eigenvalue weighted by atomic mass is 10.3. The Morgan fingerprint density at radius 2 is 1.78 bits per heavy atom. The molecule has 0 spiro atoms. The van der Waals surface area contributed by atoms with E-state index in [4.69, 9.17) is 12.2 Å². The molecule has 0 aromatic heterocycles. The van der Waals surface area contributed by atoms with Crippen LogP contribution in [0, 0.1) is 7.05 Å². The zero-order valence-electron chi connectivity index (χ0n) is 4.83. The monoisotopic (exact) mass is 121 g/mol. The molecule has 0 saturated carbocycles. The lowest BCUT2D eigenvalue weighted by molar-refractivity contribution is 0.475. The van der Waals surface area contributed by atoms with E-state index in [-0.39, 0.29) is 5.75 Å². The van der Waals surface area contributed by atoms with Crippen LogP contribution in [-0.2, 0) is 0 Å². The minimum absolute atomic E-state index is 0.244. The number of phenols is 1. The minimum Gasteiger partial charge on any atom is -0.508 e. The SMILES string of the molecule is [CH]Nc1ccc(O)cc1. The molecular formula is C7H7NO. The maximum Gasteiger partial charge on any atom is 0.115 e. The number of phenolic OH excluding ortho intramolecular Hbond substituents is 1. The molecule has 0 aliphatic carbocycles. The van der Waals surface area contributed by atoms with Crippen molar-refractivity contribution in [1.82, 2.24) is 0 Å². The van der Waals surface area contributed by atoms with Crippen molar-refractivity contribution in [3.05, 3.63) is 31.3 Å². The first-order valence-corrected chi connectivity index (χ1v) is 2.58. The molecule has 2 radical (unpaired) electrons. The maximum atomic E-state index is 8.78. The van der Waals surface area contributed by atoms with Crippen LogP contribution >= 0.6 is 0 Å².